The lowest BCUT2D eigenvalue weighted by Crippen LogP contribution is -2.22. The molecule has 22 heavy (non-hydrogen) atoms. The SMILES string of the molecule is CCCCCCCCCCCC(CC)OC(=O)C1CCCC1. The van der Waals surface area contributed by atoms with E-state index in [9.17, 15) is 4.79 Å². The van der Waals surface area contributed by atoms with Crippen LogP contribution in [0, 0.1) is 5.92 Å². The molecule has 1 saturated carbocycles. The standard InChI is InChI=1S/C20H38O2/c1-3-5-6-7-8-9-10-11-12-17-19(4-2)22-20(21)18-15-13-14-16-18/h18-19H,3-17H2,1-2H3. The van der Waals surface area contributed by atoms with E-state index in [4.69, 9.17) is 4.74 Å². The van der Waals surface area contributed by atoms with Crippen molar-refractivity contribution in [3.05, 3.63) is 0 Å². The molecule has 0 spiro atoms. The van der Waals surface area contributed by atoms with Crippen LogP contribution in [0.2, 0.25) is 0 Å². The summed E-state index contributed by atoms with van der Waals surface area (Å²) in [4.78, 5) is 12.1. The highest BCUT2D eigenvalue weighted by molar-refractivity contribution is 5.72. The minimum atomic E-state index is 0.0836. The smallest absolute Gasteiger partial charge is 0.309 e. The van der Waals surface area contributed by atoms with Crippen LogP contribution in [0.5, 0.6) is 0 Å². The minimum Gasteiger partial charge on any atom is -0.462 e. The Bertz CT molecular complexity index is 269. The second kappa shape index (κ2) is 13.0. The fourth-order valence-corrected chi connectivity index (χ4v) is 3.45. The lowest BCUT2D eigenvalue weighted by Gasteiger charge is -2.18. The number of ether oxygens (including phenoxy) is 1. The number of rotatable bonds is 13. The van der Waals surface area contributed by atoms with Crippen molar-refractivity contribution in [2.45, 2.75) is 116 Å². The Hall–Kier alpha value is -0.530. The van der Waals surface area contributed by atoms with Crippen molar-refractivity contribution >= 4 is 5.97 Å². The zero-order valence-corrected chi connectivity index (χ0v) is 15.1. The summed E-state index contributed by atoms with van der Waals surface area (Å²) in [7, 11) is 0. The summed E-state index contributed by atoms with van der Waals surface area (Å²) in [5, 5.41) is 0. The van der Waals surface area contributed by atoms with E-state index in [1.807, 2.05) is 0 Å². The van der Waals surface area contributed by atoms with Crippen LogP contribution in [-0.2, 0) is 9.53 Å². The van der Waals surface area contributed by atoms with Gasteiger partial charge in [-0.25, -0.2) is 0 Å². The van der Waals surface area contributed by atoms with Gasteiger partial charge in [0.25, 0.3) is 0 Å². The van der Waals surface area contributed by atoms with E-state index in [0.717, 1.165) is 25.7 Å². The van der Waals surface area contributed by atoms with Crippen LogP contribution < -0.4 is 0 Å². The minimum absolute atomic E-state index is 0.0836. The molecule has 0 bridgehead atoms. The molecule has 0 aliphatic heterocycles. The number of esters is 1. The monoisotopic (exact) mass is 310 g/mol. The van der Waals surface area contributed by atoms with Gasteiger partial charge in [0.1, 0.15) is 6.10 Å². The molecule has 0 saturated heterocycles. The summed E-state index contributed by atoms with van der Waals surface area (Å²) < 4.78 is 5.72. The van der Waals surface area contributed by atoms with Crippen LogP contribution in [0.4, 0.5) is 0 Å². The number of carbonyl (C=O) groups is 1. The van der Waals surface area contributed by atoms with E-state index in [2.05, 4.69) is 13.8 Å². The van der Waals surface area contributed by atoms with Crippen molar-refractivity contribution in [1.29, 1.82) is 0 Å². The summed E-state index contributed by atoms with van der Waals surface area (Å²) in [6.07, 6.45) is 18.9. The fourth-order valence-electron chi connectivity index (χ4n) is 3.45. The van der Waals surface area contributed by atoms with Crippen LogP contribution in [0.1, 0.15) is 110 Å². The van der Waals surface area contributed by atoms with Gasteiger partial charge in [-0.3, -0.25) is 4.79 Å². The second-order valence-electron chi connectivity index (χ2n) is 7.07. The van der Waals surface area contributed by atoms with Crippen molar-refractivity contribution in [3.63, 3.8) is 0 Å². The molecule has 0 aromatic heterocycles. The maximum Gasteiger partial charge on any atom is 0.309 e. The van der Waals surface area contributed by atoms with Gasteiger partial charge in [-0.2, -0.15) is 0 Å². The zero-order valence-electron chi connectivity index (χ0n) is 15.1. The lowest BCUT2D eigenvalue weighted by molar-refractivity contribution is -0.154. The van der Waals surface area contributed by atoms with Gasteiger partial charge in [-0.15, -0.1) is 0 Å². The predicted molar refractivity (Wildman–Crippen MR) is 94.0 cm³/mol. The first kappa shape index (κ1) is 19.5. The molecular weight excluding hydrogens is 272 g/mol. The van der Waals surface area contributed by atoms with Crippen LogP contribution >= 0.6 is 0 Å². The van der Waals surface area contributed by atoms with Gasteiger partial charge < -0.3 is 4.74 Å². The van der Waals surface area contributed by atoms with Gasteiger partial charge in [-0.1, -0.05) is 78.1 Å². The third-order valence-electron chi connectivity index (χ3n) is 5.06. The third-order valence-corrected chi connectivity index (χ3v) is 5.06. The maximum absolute atomic E-state index is 12.1. The zero-order chi connectivity index (χ0) is 16.0. The molecule has 0 amide bonds. The fraction of sp³-hybridized carbons (Fsp3) is 0.950. The highest BCUT2D eigenvalue weighted by atomic mass is 16.5. The van der Waals surface area contributed by atoms with Crippen LogP contribution in [0.25, 0.3) is 0 Å². The van der Waals surface area contributed by atoms with Crippen molar-refractivity contribution in [2.24, 2.45) is 5.92 Å². The van der Waals surface area contributed by atoms with E-state index in [1.165, 1.54) is 70.6 Å². The summed E-state index contributed by atoms with van der Waals surface area (Å²) in [5.74, 6) is 0.289. The molecule has 2 heteroatoms. The van der Waals surface area contributed by atoms with E-state index in [1.54, 1.807) is 0 Å². The van der Waals surface area contributed by atoms with Gasteiger partial charge in [0, 0.05) is 0 Å². The van der Waals surface area contributed by atoms with Gasteiger partial charge in [0.2, 0.25) is 0 Å². The lowest BCUT2D eigenvalue weighted by atomic mass is 10.0. The normalized spacial score (nSPS) is 16.8. The number of hydrogen-bond acceptors (Lipinski definition) is 2. The molecule has 1 unspecified atom stereocenters. The van der Waals surface area contributed by atoms with E-state index < -0.39 is 0 Å². The molecule has 1 rings (SSSR count). The average molecular weight is 311 g/mol. The third kappa shape index (κ3) is 8.80. The Morgan fingerprint density at radius 3 is 2.00 bits per heavy atom. The molecular formula is C20H38O2. The molecule has 130 valence electrons. The summed E-state index contributed by atoms with van der Waals surface area (Å²) in [6, 6.07) is 0. The van der Waals surface area contributed by atoms with Crippen molar-refractivity contribution in [3.8, 4) is 0 Å². The Labute approximate surface area is 138 Å². The molecule has 0 aromatic carbocycles. The molecule has 0 radical (unpaired) electrons. The quantitative estimate of drug-likeness (QED) is 0.290. The molecule has 1 aliphatic rings. The first-order valence-electron chi connectivity index (χ1n) is 9.98. The predicted octanol–water partition coefficient (Wildman–Crippen LogP) is 6.42. The number of unbranched alkanes of at least 4 members (excludes halogenated alkanes) is 8. The van der Waals surface area contributed by atoms with Crippen LogP contribution in [-0.4, -0.2) is 12.1 Å². The Balaban J connectivity index is 1.98. The Kier molecular flexibility index (Phi) is 11.5. The average Bonchev–Trinajstić information content (AvgIpc) is 3.06. The summed E-state index contributed by atoms with van der Waals surface area (Å²) in [6.45, 7) is 4.41. The molecule has 1 aliphatic carbocycles. The van der Waals surface area contributed by atoms with E-state index in [-0.39, 0.29) is 18.0 Å². The van der Waals surface area contributed by atoms with E-state index >= 15 is 0 Å². The largest absolute Gasteiger partial charge is 0.462 e. The number of carbonyl (C=O) groups excluding carboxylic acids is 1. The number of hydrogen-bond donors (Lipinski definition) is 0. The van der Waals surface area contributed by atoms with Gasteiger partial charge in [0.05, 0.1) is 5.92 Å². The van der Waals surface area contributed by atoms with Crippen molar-refractivity contribution < 1.29 is 9.53 Å². The topological polar surface area (TPSA) is 26.3 Å². The molecule has 1 fully saturated rings. The highest BCUT2D eigenvalue weighted by Crippen LogP contribution is 2.27. The summed E-state index contributed by atoms with van der Waals surface area (Å²) in [5.41, 5.74) is 0. The van der Waals surface area contributed by atoms with Crippen molar-refractivity contribution in [1.82, 2.24) is 0 Å². The highest BCUT2D eigenvalue weighted by Gasteiger charge is 2.25. The van der Waals surface area contributed by atoms with Crippen LogP contribution in [0.15, 0.2) is 0 Å². The molecule has 0 aromatic rings. The Morgan fingerprint density at radius 1 is 0.909 bits per heavy atom. The van der Waals surface area contributed by atoms with Gasteiger partial charge >= 0.3 is 5.97 Å². The second-order valence-corrected chi connectivity index (χ2v) is 7.07. The molecule has 0 heterocycles. The first-order valence-corrected chi connectivity index (χ1v) is 9.98. The van der Waals surface area contributed by atoms with Gasteiger partial charge in [-0.05, 0) is 32.1 Å². The molecule has 2 nitrogen and oxygen atoms in total. The van der Waals surface area contributed by atoms with E-state index in [0.29, 0.717) is 0 Å². The molecule has 1 atom stereocenters. The van der Waals surface area contributed by atoms with Gasteiger partial charge in [0.15, 0.2) is 0 Å². The van der Waals surface area contributed by atoms with Crippen molar-refractivity contribution in [2.75, 3.05) is 0 Å². The Morgan fingerprint density at radius 2 is 1.45 bits per heavy atom. The van der Waals surface area contributed by atoms with Crippen LogP contribution in [0.3, 0.4) is 0 Å². The molecule has 0 N–H and O–H groups in total. The summed E-state index contributed by atoms with van der Waals surface area (Å²) >= 11 is 0. The first-order chi connectivity index (χ1) is 10.8. The maximum atomic E-state index is 12.1.